The molecule has 4 heteroatoms. The highest BCUT2D eigenvalue weighted by Gasteiger charge is 2.28. The first-order chi connectivity index (χ1) is 9.20. The Morgan fingerprint density at radius 1 is 1.42 bits per heavy atom. The van der Waals surface area contributed by atoms with Crippen LogP contribution in [0.1, 0.15) is 26.0 Å². The van der Waals surface area contributed by atoms with Crippen molar-refractivity contribution in [3.8, 4) is 0 Å². The van der Waals surface area contributed by atoms with E-state index in [0.29, 0.717) is 5.88 Å². The molecule has 1 aliphatic heterocycles. The monoisotopic (exact) mass is 277 g/mol. The fourth-order valence-electron chi connectivity index (χ4n) is 2.94. The first-order valence-electron chi connectivity index (χ1n) is 6.97. The van der Waals surface area contributed by atoms with Crippen molar-refractivity contribution in [1.29, 1.82) is 0 Å². The van der Waals surface area contributed by atoms with Crippen LogP contribution in [0.4, 0.5) is 5.82 Å². The van der Waals surface area contributed by atoms with E-state index in [2.05, 4.69) is 23.1 Å². The van der Waals surface area contributed by atoms with E-state index in [1.807, 2.05) is 24.4 Å². The topological polar surface area (TPSA) is 20.5 Å². The molecule has 0 aromatic carbocycles. The van der Waals surface area contributed by atoms with Gasteiger partial charge < -0.3 is 9.30 Å². The molecule has 0 spiro atoms. The van der Waals surface area contributed by atoms with Crippen LogP contribution in [0.5, 0.6) is 0 Å². The van der Waals surface area contributed by atoms with Crippen LogP contribution >= 0.6 is 11.6 Å². The van der Waals surface area contributed by atoms with Gasteiger partial charge in [-0.1, -0.05) is 19.9 Å². The van der Waals surface area contributed by atoms with Crippen LogP contribution in [0.25, 0.3) is 5.65 Å². The van der Waals surface area contributed by atoms with Crippen LogP contribution < -0.4 is 4.90 Å². The predicted octanol–water partition coefficient (Wildman–Crippen LogP) is 3.56. The van der Waals surface area contributed by atoms with Gasteiger partial charge in [0.15, 0.2) is 5.82 Å². The van der Waals surface area contributed by atoms with Gasteiger partial charge in [0.2, 0.25) is 0 Å². The Kier molecular flexibility index (Phi) is 3.40. The lowest BCUT2D eigenvalue weighted by Crippen LogP contribution is -2.22. The molecule has 2 aromatic heterocycles. The summed E-state index contributed by atoms with van der Waals surface area (Å²) < 4.78 is 2.10. The number of hydrogen-bond donors (Lipinski definition) is 0. The number of halogens is 1. The molecule has 0 saturated carbocycles. The minimum atomic E-state index is 0.503. The molecule has 1 fully saturated rings. The molecule has 0 N–H and O–H groups in total. The zero-order chi connectivity index (χ0) is 13.4. The first-order valence-corrected chi connectivity index (χ1v) is 7.51. The van der Waals surface area contributed by atoms with E-state index in [0.717, 1.165) is 42.1 Å². The van der Waals surface area contributed by atoms with Gasteiger partial charge in [-0.25, -0.2) is 4.98 Å². The number of pyridine rings is 1. The number of anilines is 1. The lowest BCUT2D eigenvalue weighted by Gasteiger charge is -2.18. The second-order valence-corrected chi connectivity index (χ2v) is 5.95. The highest BCUT2D eigenvalue weighted by molar-refractivity contribution is 6.17. The van der Waals surface area contributed by atoms with Crippen molar-refractivity contribution < 1.29 is 0 Å². The van der Waals surface area contributed by atoms with E-state index in [1.54, 1.807) is 0 Å². The molecule has 0 amide bonds. The molecule has 1 aliphatic rings. The van der Waals surface area contributed by atoms with Crippen molar-refractivity contribution in [2.45, 2.75) is 26.1 Å². The third-order valence-corrected chi connectivity index (χ3v) is 4.45. The molecule has 0 bridgehead atoms. The molecule has 0 aliphatic carbocycles. The second kappa shape index (κ2) is 5.04. The highest BCUT2D eigenvalue weighted by Crippen LogP contribution is 2.31. The Bertz CT molecular complexity index is 576. The molecule has 1 atom stereocenters. The Morgan fingerprint density at radius 2 is 2.26 bits per heavy atom. The largest absolute Gasteiger partial charge is 0.355 e. The molecule has 0 radical (unpaired) electrons. The van der Waals surface area contributed by atoms with Crippen molar-refractivity contribution in [3.63, 3.8) is 0 Å². The van der Waals surface area contributed by atoms with Crippen LogP contribution in [0, 0.1) is 11.8 Å². The summed E-state index contributed by atoms with van der Waals surface area (Å²) in [6.07, 6.45) is 3.30. The van der Waals surface area contributed by atoms with Crippen molar-refractivity contribution in [1.82, 2.24) is 9.38 Å². The fraction of sp³-hybridized carbons (Fsp3) is 0.533. The van der Waals surface area contributed by atoms with Gasteiger partial charge in [0.05, 0.1) is 11.6 Å². The predicted molar refractivity (Wildman–Crippen MR) is 79.9 cm³/mol. The van der Waals surface area contributed by atoms with Gasteiger partial charge in [0.25, 0.3) is 0 Å². The summed E-state index contributed by atoms with van der Waals surface area (Å²) in [6.45, 7) is 6.81. The number of fused-ring (bicyclic) bond motifs is 1. The molecule has 1 saturated heterocycles. The summed E-state index contributed by atoms with van der Waals surface area (Å²) in [5.74, 6) is 3.09. The van der Waals surface area contributed by atoms with Gasteiger partial charge >= 0.3 is 0 Å². The van der Waals surface area contributed by atoms with E-state index >= 15 is 0 Å². The molecule has 3 heterocycles. The van der Waals surface area contributed by atoms with E-state index < -0.39 is 0 Å². The van der Waals surface area contributed by atoms with Gasteiger partial charge in [-0.3, -0.25) is 0 Å². The van der Waals surface area contributed by atoms with E-state index in [4.69, 9.17) is 16.6 Å². The van der Waals surface area contributed by atoms with Crippen LogP contribution in [0.3, 0.4) is 0 Å². The van der Waals surface area contributed by atoms with Crippen LogP contribution in [0.2, 0.25) is 0 Å². The van der Waals surface area contributed by atoms with Gasteiger partial charge in [0.1, 0.15) is 5.65 Å². The molecule has 19 heavy (non-hydrogen) atoms. The van der Waals surface area contributed by atoms with Crippen LogP contribution in [-0.4, -0.2) is 22.5 Å². The van der Waals surface area contributed by atoms with Gasteiger partial charge in [-0.05, 0) is 30.4 Å². The number of aromatic nitrogens is 2. The van der Waals surface area contributed by atoms with Crippen molar-refractivity contribution in [3.05, 3.63) is 30.1 Å². The Balaban J connectivity index is 1.97. The van der Waals surface area contributed by atoms with Crippen molar-refractivity contribution in [2.24, 2.45) is 11.8 Å². The first kappa shape index (κ1) is 12.8. The summed E-state index contributed by atoms with van der Waals surface area (Å²) in [5, 5.41) is 0. The summed E-state index contributed by atoms with van der Waals surface area (Å²) in [6, 6.07) is 6.08. The lowest BCUT2D eigenvalue weighted by molar-refractivity contribution is 0.422. The zero-order valence-corrected chi connectivity index (χ0v) is 12.3. The normalized spacial score (nSPS) is 19.8. The number of nitrogens with zero attached hydrogens (tertiary/aromatic N) is 3. The highest BCUT2D eigenvalue weighted by atomic mass is 35.5. The number of alkyl halides is 1. The maximum atomic E-state index is 6.14. The smallest absolute Gasteiger partial charge is 0.152 e. The molecule has 102 valence electrons. The minimum Gasteiger partial charge on any atom is -0.355 e. The summed E-state index contributed by atoms with van der Waals surface area (Å²) in [4.78, 5) is 7.16. The van der Waals surface area contributed by atoms with Gasteiger partial charge in [0, 0.05) is 19.3 Å². The number of rotatable bonds is 3. The van der Waals surface area contributed by atoms with Crippen molar-refractivity contribution >= 4 is 23.1 Å². The third-order valence-electron chi connectivity index (χ3n) is 4.20. The van der Waals surface area contributed by atoms with E-state index in [-0.39, 0.29) is 0 Å². The lowest BCUT2D eigenvalue weighted by atomic mass is 9.95. The average Bonchev–Trinajstić information content (AvgIpc) is 3.02. The second-order valence-electron chi connectivity index (χ2n) is 5.68. The fourth-order valence-corrected chi connectivity index (χ4v) is 3.18. The number of imidazole rings is 1. The standard InChI is InChI=1S/C15H20ClN3/c1-11(2)12-6-8-18(10-12)15-13(9-16)19-7-4-3-5-14(19)17-15/h3-5,7,11-12H,6,8-10H2,1-2H3. The maximum Gasteiger partial charge on any atom is 0.152 e. The van der Waals surface area contributed by atoms with Gasteiger partial charge in [-0.2, -0.15) is 0 Å². The third kappa shape index (κ3) is 2.20. The zero-order valence-electron chi connectivity index (χ0n) is 11.5. The van der Waals surface area contributed by atoms with Crippen LogP contribution in [0.15, 0.2) is 24.4 Å². The quantitative estimate of drug-likeness (QED) is 0.800. The summed E-state index contributed by atoms with van der Waals surface area (Å²) in [7, 11) is 0. The average molecular weight is 278 g/mol. The summed E-state index contributed by atoms with van der Waals surface area (Å²) in [5.41, 5.74) is 2.10. The molecular weight excluding hydrogens is 258 g/mol. The Morgan fingerprint density at radius 3 is 2.95 bits per heavy atom. The Hall–Kier alpha value is -1.22. The van der Waals surface area contributed by atoms with Gasteiger partial charge in [-0.15, -0.1) is 11.6 Å². The summed E-state index contributed by atoms with van der Waals surface area (Å²) >= 11 is 6.14. The maximum absolute atomic E-state index is 6.14. The SMILES string of the molecule is CC(C)C1CCN(c2nc3ccccn3c2CCl)C1. The molecule has 3 nitrogen and oxygen atoms in total. The molecule has 3 rings (SSSR count). The Labute approximate surface area is 119 Å². The van der Waals surface area contributed by atoms with E-state index in [9.17, 15) is 0 Å². The molecule has 2 aromatic rings. The minimum absolute atomic E-state index is 0.503. The van der Waals surface area contributed by atoms with Crippen molar-refractivity contribution in [2.75, 3.05) is 18.0 Å². The number of hydrogen-bond acceptors (Lipinski definition) is 2. The molecular formula is C15H20ClN3. The molecule has 1 unspecified atom stereocenters. The van der Waals surface area contributed by atoms with Crippen LogP contribution in [-0.2, 0) is 5.88 Å². The van der Waals surface area contributed by atoms with E-state index in [1.165, 1.54) is 6.42 Å².